The van der Waals surface area contributed by atoms with Gasteiger partial charge in [-0.3, -0.25) is 0 Å². The number of ether oxygens (including phenoxy) is 1. The van der Waals surface area contributed by atoms with Crippen molar-refractivity contribution in [2.45, 2.75) is 45.4 Å². The molecule has 0 aliphatic rings. The van der Waals surface area contributed by atoms with E-state index in [1.807, 2.05) is 30.3 Å². The van der Waals surface area contributed by atoms with Crippen molar-refractivity contribution in [2.75, 3.05) is 0 Å². The van der Waals surface area contributed by atoms with E-state index in [0.717, 1.165) is 35.2 Å². The monoisotopic (exact) mass is 422 g/mol. The molecule has 0 fully saturated rings. The summed E-state index contributed by atoms with van der Waals surface area (Å²) in [6.07, 6.45) is 3.38. The predicted octanol–water partition coefficient (Wildman–Crippen LogP) is 7.85. The standard InChI is InChI=1S/C25H27BrO/c1-19-9-11-21(12-10-19)25(2,3)17-5-7-20-6-4-8-24(18-20)27-23-15-13-22(26)14-16-23/h4,6,8-16,18H,5,7,17H2,1-3H3. The summed E-state index contributed by atoms with van der Waals surface area (Å²) in [5, 5.41) is 0. The van der Waals surface area contributed by atoms with Crippen LogP contribution in [0.4, 0.5) is 0 Å². The van der Waals surface area contributed by atoms with E-state index in [4.69, 9.17) is 4.74 Å². The van der Waals surface area contributed by atoms with Crippen molar-refractivity contribution < 1.29 is 4.74 Å². The van der Waals surface area contributed by atoms with Crippen molar-refractivity contribution in [3.8, 4) is 11.5 Å². The second-order valence-electron chi connectivity index (χ2n) is 7.81. The Morgan fingerprint density at radius 1 is 0.852 bits per heavy atom. The molecule has 0 bridgehead atoms. The van der Waals surface area contributed by atoms with Crippen LogP contribution in [0.15, 0.2) is 77.3 Å². The number of rotatable bonds is 7. The molecule has 3 rings (SSSR count). The van der Waals surface area contributed by atoms with Gasteiger partial charge in [0.2, 0.25) is 0 Å². The zero-order chi connectivity index (χ0) is 19.3. The first-order valence-electron chi connectivity index (χ1n) is 9.52. The highest BCUT2D eigenvalue weighted by molar-refractivity contribution is 9.10. The van der Waals surface area contributed by atoms with Crippen molar-refractivity contribution in [1.29, 1.82) is 0 Å². The van der Waals surface area contributed by atoms with Crippen LogP contribution < -0.4 is 4.74 Å². The van der Waals surface area contributed by atoms with Crippen LogP contribution in [-0.4, -0.2) is 0 Å². The molecule has 0 radical (unpaired) electrons. The largest absolute Gasteiger partial charge is 0.457 e. The summed E-state index contributed by atoms with van der Waals surface area (Å²) in [5.74, 6) is 1.75. The van der Waals surface area contributed by atoms with Crippen molar-refractivity contribution in [2.24, 2.45) is 0 Å². The summed E-state index contributed by atoms with van der Waals surface area (Å²) in [6, 6.07) is 25.3. The third kappa shape index (κ3) is 5.71. The topological polar surface area (TPSA) is 9.23 Å². The van der Waals surface area contributed by atoms with Gasteiger partial charge >= 0.3 is 0 Å². The summed E-state index contributed by atoms with van der Waals surface area (Å²) in [4.78, 5) is 0. The molecule has 140 valence electrons. The Bertz CT molecular complexity index is 864. The number of benzene rings is 3. The van der Waals surface area contributed by atoms with Crippen LogP contribution in [0.25, 0.3) is 0 Å². The van der Waals surface area contributed by atoms with Gasteiger partial charge in [-0.05, 0) is 79.1 Å². The lowest BCUT2D eigenvalue weighted by molar-refractivity contribution is 0.460. The second-order valence-corrected chi connectivity index (χ2v) is 8.72. The molecule has 0 aliphatic carbocycles. The lowest BCUT2D eigenvalue weighted by atomic mass is 9.79. The lowest BCUT2D eigenvalue weighted by Gasteiger charge is -2.25. The van der Waals surface area contributed by atoms with Crippen LogP contribution in [0.3, 0.4) is 0 Å². The van der Waals surface area contributed by atoms with E-state index in [2.05, 4.69) is 79.2 Å². The van der Waals surface area contributed by atoms with Gasteiger partial charge in [-0.25, -0.2) is 0 Å². The first-order valence-corrected chi connectivity index (χ1v) is 10.3. The maximum atomic E-state index is 5.98. The van der Waals surface area contributed by atoms with Gasteiger partial charge in [-0.1, -0.05) is 71.7 Å². The minimum Gasteiger partial charge on any atom is -0.457 e. The maximum absolute atomic E-state index is 5.98. The minimum atomic E-state index is 0.194. The molecule has 2 heteroatoms. The van der Waals surface area contributed by atoms with Crippen LogP contribution >= 0.6 is 15.9 Å². The van der Waals surface area contributed by atoms with Crippen LogP contribution in [0.5, 0.6) is 11.5 Å². The van der Waals surface area contributed by atoms with Crippen molar-refractivity contribution in [3.63, 3.8) is 0 Å². The van der Waals surface area contributed by atoms with Crippen molar-refractivity contribution >= 4 is 15.9 Å². The molecule has 0 spiro atoms. The normalized spacial score (nSPS) is 11.4. The third-order valence-corrected chi connectivity index (χ3v) is 5.58. The quantitative estimate of drug-likeness (QED) is 0.376. The van der Waals surface area contributed by atoms with E-state index in [-0.39, 0.29) is 5.41 Å². The number of hydrogen-bond acceptors (Lipinski definition) is 1. The molecule has 3 aromatic carbocycles. The summed E-state index contributed by atoms with van der Waals surface area (Å²) in [6.45, 7) is 6.82. The SMILES string of the molecule is Cc1ccc(C(C)(C)CCCc2cccc(Oc3ccc(Br)cc3)c2)cc1. The molecule has 0 amide bonds. The van der Waals surface area contributed by atoms with E-state index in [1.54, 1.807) is 0 Å². The van der Waals surface area contributed by atoms with E-state index in [0.29, 0.717) is 0 Å². The fourth-order valence-corrected chi connectivity index (χ4v) is 3.55. The average molecular weight is 423 g/mol. The minimum absolute atomic E-state index is 0.194. The highest BCUT2D eigenvalue weighted by Crippen LogP contribution is 2.30. The number of hydrogen-bond donors (Lipinski definition) is 0. The van der Waals surface area contributed by atoms with E-state index < -0.39 is 0 Å². The van der Waals surface area contributed by atoms with Crippen LogP contribution in [-0.2, 0) is 11.8 Å². The Balaban J connectivity index is 1.58. The first-order chi connectivity index (χ1) is 12.9. The Hall–Kier alpha value is -2.06. The van der Waals surface area contributed by atoms with Gasteiger partial charge in [0.1, 0.15) is 11.5 Å². The van der Waals surface area contributed by atoms with E-state index in [9.17, 15) is 0 Å². The van der Waals surface area contributed by atoms with Gasteiger partial charge in [0.05, 0.1) is 0 Å². The second kappa shape index (κ2) is 8.75. The summed E-state index contributed by atoms with van der Waals surface area (Å²) >= 11 is 3.45. The average Bonchev–Trinajstić information content (AvgIpc) is 2.64. The summed E-state index contributed by atoms with van der Waals surface area (Å²) < 4.78 is 7.04. The van der Waals surface area contributed by atoms with Gasteiger partial charge in [-0.15, -0.1) is 0 Å². The third-order valence-electron chi connectivity index (χ3n) is 5.05. The molecule has 0 aliphatic heterocycles. The Labute approximate surface area is 171 Å². The molecule has 0 saturated heterocycles. The van der Waals surface area contributed by atoms with Crippen LogP contribution in [0.1, 0.15) is 43.4 Å². The van der Waals surface area contributed by atoms with Gasteiger partial charge in [0.25, 0.3) is 0 Å². The Morgan fingerprint density at radius 2 is 1.56 bits per heavy atom. The molecule has 1 nitrogen and oxygen atoms in total. The molecular formula is C25H27BrO. The molecule has 27 heavy (non-hydrogen) atoms. The smallest absolute Gasteiger partial charge is 0.127 e. The zero-order valence-corrected chi connectivity index (χ0v) is 17.9. The van der Waals surface area contributed by atoms with E-state index in [1.165, 1.54) is 16.7 Å². The van der Waals surface area contributed by atoms with Gasteiger partial charge in [-0.2, -0.15) is 0 Å². The maximum Gasteiger partial charge on any atom is 0.127 e. The highest BCUT2D eigenvalue weighted by Gasteiger charge is 2.19. The first kappa shape index (κ1) is 19.7. The lowest BCUT2D eigenvalue weighted by Crippen LogP contribution is -2.17. The number of halogens is 1. The van der Waals surface area contributed by atoms with Crippen LogP contribution in [0, 0.1) is 6.92 Å². The molecule has 0 saturated carbocycles. The van der Waals surface area contributed by atoms with E-state index >= 15 is 0 Å². The van der Waals surface area contributed by atoms with Gasteiger partial charge in [0.15, 0.2) is 0 Å². The van der Waals surface area contributed by atoms with Crippen molar-refractivity contribution in [3.05, 3.63) is 94.0 Å². The molecule has 0 atom stereocenters. The van der Waals surface area contributed by atoms with Gasteiger partial charge < -0.3 is 4.74 Å². The predicted molar refractivity (Wildman–Crippen MR) is 118 cm³/mol. The molecular weight excluding hydrogens is 396 g/mol. The molecule has 0 N–H and O–H groups in total. The molecule has 0 unspecified atom stereocenters. The fraction of sp³-hybridized carbons (Fsp3) is 0.280. The molecule has 3 aromatic rings. The summed E-state index contributed by atoms with van der Waals surface area (Å²) in [7, 11) is 0. The van der Waals surface area contributed by atoms with Crippen LogP contribution in [0.2, 0.25) is 0 Å². The molecule has 0 aromatic heterocycles. The molecule has 0 heterocycles. The van der Waals surface area contributed by atoms with Crippen molar-refractivity contribution in [1.82, 2.24) is 0 Å². The van der Waals surface area contributed by atoms with Gasteiger partial charge in [0, 0.05) is 4.47 Å². The Kier molecular flexibility index (Phi) is 6.38. The number of aryl methyl sites for hydroxylation is 2. The zero-order valence-electron chi connectivity index (χ0n) is 16.3. The summed E-state index contributed by atoms with van der Waals surface area (Å²) in [5.41, 5.74) is 4.25. The highest BCUT2D eigenvalue weighted by atomic mass is 79.9. The fourth-order valence-electron chi connectivity index (χ4n) is 3.29. The Morgan fingerprint density at radius 3 is 2.26 bits per heavy atom.